The molecular formula is C22H28N4OS. The van der Waals surface area contributed by atoms with Gasteiger partial charge in [-0.3, -0.25) is 5.10 Å². The zero-order valence-electron chi connectivity index (χ0n) is 16.3. The molecule has 2 saturated heterocycles. The maximum Gasteiger partial charge on any atom is 0.159 e. The number of nitrogens with one attached hydrogen (secondary N) is 1. The molecule has 5 rings (SSSR count). The molecule has 0 saturated carbocycles. The second-order valence-electron chi connectivity index (χ2n) is 7.99. The Hall–Kier alpha value is -1.89. The molecule has 0 radical (unpaired) electrons. The van der Waals surface area contributed by atoms with E-state index in [1.165, 1.54) is 53.7 Å². The van der Waals surface area contributed by atoms with Gasteiger partial charge >= 0.3 is 0 Å². The Kier molecular flexibility index (Phi) is 5.34. The van der Waals surface area contributed by atoms with Gasteiger partial charge in [0.05, 0.1) is 18.6 Å². The van der Waals surface area contributed by atoms with E-state index in [2.05, 4.69) is 55.7 Å². The molecule has 0 aliphatic carbocycles. The Morgan fingerprint density at radius 1 is 1.14 bits per heavy atom. The summed E-state index contributed by atoms with van der Waals surface area (Å²) in [6.07, 6.45) is 3.88. The molecule has 2 aromatic heterocycles. The molecule has 1 unspecified atom stereocenters. The molecule has 2 aliphatic heterocycles. The van der Waals surface area contributed by atoms with E-state index in [1.807, 2.05) is 0 Å². The van der Waals surface area contributed by atoms with E-state index in [9.17, 15) is 0 Å². The van der Waals surface area contributed by atoms with E-state index in [-0.39, 0.29) is 0 Å². The Morgan fingerprint density at radius 2 is 2.00 bits per heavy atom. The maximum atomic E-state index is 6.02. The minimum atomic E-state index is 0.601. The van der Waals surface area contributed by atoms with Crippen molar-refractivity contribution in [1.29, 1.82) is 0 Å². The molecule has 0 spiro atoms. The predicted molar refractivity (Wildman–Crippen MR) is 116 cm³/mol. The van der Waals surface area contributed by atoms with Crippen LogP contribution in [-0.4, -0.2) is 61.0 Å². The molecule has 1 aromatic carbocycles. The fourth-order valence-corrected chi connectivity index (χ4v) is 5.40. The van der Waals surface area contributed by atoms with Crippen LogP contribution in [0.4, 0.5) is 5.82 Å². The van der Waals surface area contributed by atoms with Crippen LogP contribution >= 0.6 is 11.3 Å². The fourth-order valence-electron chi connectivity index (χ4n) is 4.49. The number of thiophene rings is 1. The van der Waals surface area contributed by atoms with Gasteiger partial charge < -0.3 is 14.5 Å². The van der Waals surface area contributed by atoms with Crippen LogP contribution in [0.1, 0.15) is 19.3 Å². The van der Waals surface area contributed by atoms with Crippen molar-refractivity contribution in [2.45, 2.75) is 19.3 Å². The molecule has 148 valence electrons. The lowest BCUT2D eigenvalue weighted by Gasteiger charge is -2.18. The Balaban J connectivity index is 1.22. The third kappa shape index (κ3) is 3.69. The molecule has 1 N–H and O–H groups in total. The van der Waals surface area contributed by atoms with Gasteiger partial charge in [-0.15, -0.1) is 11.3 Å². The average Bonchev–Trinajstić information content (AvgIpc) is 3.51. The summed E-state index contributed by atoms with van der Waals surface area (Å²) in [7, 11) is 0. The van der Waals surface area contributed by atoms with Gasteiger partial charge in [-0.1, -0.05) is 30.3 Å². The average molecular weight is 397 g/mol. The number of aromatic amines is 1. The van der Waals surface area contributed by atoms with Gasteiger partial charge in [0.25, 0.3) is 0 Å². The van der Waals surface area contributed by atoms with Crippen LogP contribution in [0.15, 0.2) is 35.7 Å². The number of hydrogen-bond acceptors (Lipinski definition) is 5. The van der Waals surface area contributed by atoms with Gasteiger partial charge in [-0.2, -0.15) is 5.10 Å². The highest BCUT2D eigenvalue weighted by Crippen LogP contribution is 2.39. The number of fused-ring (bicyclic) bond motifs is 1. The molecule has 3 aromatic rings. The van der Waals surface area contributed by atoms with Gasteiger partial charge in [0.15, 0.2) is 5.82 Å². The maximum absolute atomic E-state index is 6.02. The third-order valence-corrected chi connectivity index (χ3v) is 6.94. The summed E-state index contributed by atoms with van der Waals surface area (Å²) in [6.45, 7) is 7.42. The number of rotatable bonds is 7. The van der Waals surface area contributed by atoms with E-state index >= 15 is 0 Å². The van der Waals surface area contributed by atoms with Crippen LogP contribution in [0, 0.1) is 5.92 Å². The quantitative estimate of drug-likeness (QED) is 0.607. The molecular weight excluding hydrogens is 368 g/mol. The minimum absolute atomic E-state index is 0.601. The van der Waals surface area contributed by atoms with Gasteiger partial charge in [-0.25, -0.2) is 0 Å². The van der Waals surface area contributed by atoms with Crippen molar-refractivity contribution in [1.82, 2.24) is 15.1 Å². The molecule has 6 heteroatoms. The van der Waals surface area contributed by atoms with E-state index in [1.54, 1.807) is 11.3 Å². The van der Waals surface area contributed by atoms with Gasteiger partial charge in [0.1, 0.15) is 4.83 Å². The number of anilines is 1. The normalized spacial score (nSPS) is 20.6. The van der Waals surface area contributed by atoms with Gasteiger partial charge in [0, 0.05) is 36.5 Å². The summed E-state index contributed by atoms with van der Waals surface area (Å²) in [6, 6.07) is 10.6. The van der Waals surface area contributed by atoms with Gasteiger partial charge in [-0.05, 0) is 37.9 Å². The first-order valence-corrected chi connectivity index (χ1v) is 11.3. The van der Waals surface area contributed by atoms with E-state index < -0.39 is 0 Å². The number of likely N-dealkylation sites (tertiary alicyclic amines) is 1. The van der Waals surface area contributed by atoms with Crippen LogP contribution in [0.2, 0.25) is 0 Å². The van der Waals surface area contributed by atoms with Crippen molar-refractivity contribution in [2.24, 2.45) is 5.92 Å². The van der Waals surface area contributed by atoms with E-state index in [0.29, 0.717) is 5.92 Å². The second-order valence-corrected chi connectivity index (χ2v) is 8.87. The Bertz CT molecular complexity index is 900. The molecule has 0 amide bonds. The summed E-state index contributed by atoms with van der Waals surface area (Å²) in [5, 5.41) is 11.4. The number of nitrogens with zero attached hydrogens (tertiary/aromatic N) is 3. The summed E-state index contributed by atoms with van der Waals surface area (Å²) in [5.74, 6) is 1.71. The number of ether oxygens (including phenoxy) is 1. The highest BCUT2D eigenvalue weighted by atomic mass is 32.1. The van der Waals surface area contributed by atoms with Crippen molar-refractivity contribution in [2.75, 3.05) is 50.8 Å². The van der Waals surface area contributed by atoms with Crippen LogP contribution in [-0.2, 0) is 4.74 Å². The van der Waals surface area contributed by atoms with E-state index in [4.69, 9.17) is 4.74 Å². The summed E-state index contributed by atoms with van der Waals surface area (Å²) in [4.78, 5) is 6.12. The zero-order valence-corrected chi connectivity index (χ0v) is 17.1. The highest BCUT2D eigenvalue weighted by molar-refractivity contribution is 7.17. The SMILES string of the molecule is c1ccc(-c2csc3[nH]nc(N4CCC(COCCN5CCCC5)C4)c23)cc1. The summed E-state index contributed by atoms with van der Waals surface area (Å²) >= 11 is 1.74. The third-order valence-electron chi connectivity index (χ3n) is 6.05. The lowest BCUT2D eigenvalue weighted by Crippen LogP contribution is -2.26. The van der Waals surface area contributed by atoms with Crippen LogP contribution < -0.4 is 4.90 Å². The molecule has 28 heavy (non-hydrogen) atoms. The van der Waals surface area contributed by atoms with Crippen LogP contribution in [0.3, 0.4) is 0 Å². The first-order chi connectivity index (χ1) is 13.9. The lowest BCUT2D eigenvalue weighted by atomic mass is 10.1. The van der Waals surface area contributed by atoms with Crippen molar-refractivity contribution in [3.63, 3.8) is 0 Å². The van der Waals surface area contributed by atoms with Crippen LogP contribution in [0.25, 0.3) is 21.3 Å². The number of hydrogen-bond donors (Lipinski definition) is 1. The minimum Gasteiger partial charge on any atom is -0.380 e. The molecule has 2 fully saturated rings. The lowest BCUT2D eigenvalue weighted by molar-refractivity contribution is 0.0877. The molecule has 1 atom stereocenters. The van der Waals surface area contributed by atoms with Crippen molar-refractivity contribution >= 4 is 27.4 Å². The van der Waals surface area contributed by atoms with Crippen molar-refractivity contribution in [3.05, 3.63) is 35.7 Å². The number of H-pyrrole nitrogens is 1. The van der Waals surface area contributed by atoms with Crippen molar-refractivity contribution < 1.29 is 4.74 Å². The molecule has 0 bridgehead atoms. The Morgan fingerprint density at radius 3 is 2.86 bits per heavy atom. The highest BCUT2D eigenvalue weighted by Gasteiger charge is 2.27. The standard InChI is InChI=1S/C22H28N4OS/c1-2-6-18(7-3-1)19-16-28-22-20(19)21(23-24-22)26-11-8-17(14-26)15-27-13-12-25-9-4-5-10-25/h1-3,6-7,16-17H,4-5,8-15H2,(H,23,24). The second kappa shape index (κ2) is 8.23. The smallest absolute Gasteiger partial charge is 0.159 e. The first kappa shape index (κ1) is 18.2. The summed E-state index contributed by atoms with van der Waals surface area (Å²) < 4.78 is 6.02. The van der Waals surface area contributed by atoms with Gasteiger partial charge in [0.2, 0.25) is 0 Å². The molecule has 2 aliphatic rings. The van der Waals surface area contributed by atoms with Crippen molar-refractivity contribution in [3.8, 4) is 11.1 Å². The zero-order chi connectivity index (χ0) is 18.8. The molecule has 5 nitrogen and oxygen atoms in total. The van der Waals surface area contributed by atoms with E-state index in [0.717, 1.165) is 38.7 Å². The van der Waals surface area contributed by atoms with Crippen LogP contribution in [0.5, 0.6) is 0 Å². The monoisotopic (exact) mass is 396 g/mol. The largest absolute Gasteiger partial charge is 0.380 e. The number of benzene rings is 1. The predicted octanol–water partition coefficient (Wildman–Crippen LogP) is 4.23. The fraction of sp³-hybridized carbons (Fsp3) is 0.500. The topological polar surface area (TPSA) is 44.4 Å². The number of aromatic nitrogens is 2. The molecule has 4 heterocycles. The first-order valence-electron chi connectivity index (χ1n) is 10.4. The summed E-state index contributed by atoms with van der Waals surface area (Å²) in [5.41, 5.74) is 2.55. The Labute approximate surface area is 170 Å².